The van der Waals surface area contributed by atoms with Gasteiger partial charge in [-0.2, -0.15) is 8.78 Å². The Bertz CT molecular complexity index is 596. The number of alkyl halides is 2. The van der Waals surface area contributed by atoms with Gasteiger partial charge >= 0.3 is 11.9 Å². The molecule has 0 heterocycles. The molecule has 20 heavy (non-hydrogen) atoms. The lowest BCUT2D eigenvalue weighted by molar-refractivity contribution is -0.167. The van der Waals surface area contributed by atoms with Crippen molar-refractivity contribution in [2.45, 2.75) is 10.8 Å². The van der Waals surface area contributed by atoms with Gasteiger partial charge in [-0.25, -0.2) is 17.9 Å². The number of rotatable bonds is 6. The number of hydrogen-bond donors (Lipinski definition) is 1. The molecule has 110 valence electrons. The van der Waals surface area contributed by atoms with Gasteiger partial charge in [0.05, 0.1) is 18.6 Å². The van der Waals surface area contributed by atoms with Crippen LogP contribution in [0.3, 0.4) is 0 Å². The van der Waals surface area contributed by atoms with Gasteiger partial charge in [-0.1, -0.05) is 24.8 Å². The first-order valence-electron chi connectivity index (χ1n) is 5.41. The average molecular weight is 305 g/mol. The molecule has 0 atom stereocenters. The second-order valence-electron chi connectivity index (χ2n) is 3.79. The van der Waals surface area contributed by atoms with Crippen molar-refractivity contribution in [2.75, 3.05) is 13.7 Å². The summed E-state index contributed by atoms with van der Waals surface area (Å²) in [5.41, 5.74) is 0.684. The SMILES string of the molecule is C=Cc1ccc(S(=O)(=O)NCC(F)(F)C(=O)OC)cc1. The predicted octanol–water partition coefficient (Wildman–Crippen LogP) is 1.42. The highest BCUT2D eigenvalue weighted by Gasteiger charge is 2.41. The minimum Gasteiger partial charge on any atom is -0.465 e. The van der Waals surface area contributed by atoms with Gasteiger partial charge in [-0.3, -0.25) is 0 Å². The number of methoxy groups -OCH3 is 1. The molecule has 0 amide bonds. The molecule has 5 nitrogen and oxygen atoms in total. The van der Waals surface area contributed by atoms with Crippen molar-refractivity contribution in [2.24, 2.45) is 0 Å². The largest absolute Gasteiger partial charge is 0.465 e. The molecule has 0 saturated heterocycles. The summed E-state index contributed by atoms with van der Waals surface area (Å²) in [6.45, 7) is 2.13. The third kappa shape index (κ3) is 3.84. The summed E-state index contributed by atoms with van der Waals surface area (Å²) in [6.07, 6.45) is 1.51. The predicted molar refractivity (Wildman–Crippen MR) is 68.7 cm³/mol. The summed E-state index contributed by atoms with van der Waals surface area (Å²) >= 11 is 0. The van der Waals surface area contributed by atoms with Gasteiger partial charge in [-0.15, -0.1) is 0 Å². The summed E-state index contributed by atoms with van der Waals surface area (Å²) in [5, 5.41) is 0. The Kier molecular flexibility index (Phi) is 4.96. The van der Waals surface area contributed by atoms with Crippen molar-refractivity contribution in [1.29, 1.82) is 0 Å². The lowest BCUT2D eigenvalue weighted by Gasteiger charge is -2.14. The van der Waals surface area contributed by atoms with E-state index in [1.165, 1.54) is 30.3 Å². The standard InChI is InChI=1S/C12H13F2NO4S/c1-3-9-4-6-10(7-5-9)20(17,18)15-8-12(13,14)11(16)19-2/h3-7,15H,1,8H2,2H3. The van der Waals surface area contributed by atoms with Gasteiger partial charge < -0.3 is 4.74 Å². The van der Waals surface area contributed by atoms with E-state index in [0.29, 0.717) is 5.56 Å². The Morgan fingerprint density at radius 1 is 1.40 bits per heavy atom. The molecule has 0 unspecified atom stereocenters. The van der Waals surface area contributed by atoms with Gasteiger partial charge in [0.2, 0.25) is 10.0 Å². The van der Waals surface area contributed by atoms with Crippen LogP contribution in [0.1, 0.15) is 5.56 Å². The highest BCUT2D eigenvalue weighted by atomic mass is 32.2. The Morgan fingerprint density at radius 3 is 2.40 bits per heavy atom. The van der Waals surface area contributed by atoms with Crippen LogP contribution < -0.4 is 4.72 Å². The van der Waals surface area contributed by atoms with Crippen LogP contribution in [0.2, 0.25) is 0 Å². The molecule has 0 spiro atoms. The number of benzene rings is 1. The molecule has 0 saturated carbocycles. The molecule has 0 bridgehead atoms. The monoisotopic (exact) mass is 305 g/mol. The van der Waals surface area contributed by atoms with E-state index < -0.39 is 28.5 Å². The fraction of sp³-hybridized carbons (Fsp3) is 0.250. The van der Waals surface area contributed by atoms with Crippen LogP contribution in [0.4, 0.5) is 8.78 Å². The van der Waals surface area contributed by atoms with Gasteiger partial charge in [0, 0.05) is 0 Å². The van der Waals surface area contributed by atoms with E-state index in [1.807, 2.05) is 0 Å². The molecule has 0 aliphatic carbocycles. The first-order chi connectivity index (χ1) is 9.23. The minimum absolute atomic E-state index is 0.191. The van der Waals surface area contributed by atoms with Crippen molar-refractivity contribution < 1.29 is 26.7 Å². The quantitative estimate of drug-likeness (QED) is 0.807. The van der Waals surface area contributed by atoms with Crippen molar-refractivity contribution in [3.05, 3.63) is 36.4 Å². The Morgan fingerprint density at radius 2 is 1.95 bits per heavy atom. The minimum atomic E-state index is -4.13. The summed E-state index contributed by atoms with van der Waals surface area (Å²) in [5.74, 6) is -5.73. The molecule has 0 aromatic heterocycles. The topological polar surface area (TPSA) is 72.5 Å². The number of ether oxygens (including phenoxy) is 1. The van der Waals surface area contributed by atoms with Gasteiger partial charge in [-0.05, 0) is 17.7 Å². The molecule has 0 fully saturated rings. The van der Waals surface area contributed by atoms with Crippen molar-refractivity contribution in [3.8, 4) is 0 Å². The summed E-state index contributed by atoms with van der Waals surface area (Å²) in [6, 6.07) is 5.44. The lowest BCUT2D eigenvalue weighted by atomic mass is 10.2. The lowest BCUT2D eigenvalue weighted by Crippen LogP contribution is -2.42. The smallest absolute Gasteiger partial charge is 0.378 e. The Labute approximate surface area is 115 Å². The van der Waals surface area contributed by atoms with E-state index in [9.17, 15) is 22.0 Å². The highest BCUT2D eigenvalue weighted by Crippen LogP contribution is 2.16. The highest BCUT2D eigenvalue weighted by molar-refractivity contribution is 7.89. The zero-order chi connectivity index (χ0) is 15.4. The molecule has 1 rings (SSSR count). The molecule has 1 N–H and O–H groups in total. The van der Waals surface area contributed by atoms with Crippen LogP contribution in [-0.2, 0) is 19.6 Å². The second-order valence-corrected chi connectivity index (χ2v) is 5.56. The van der Waals surface area contributed by atoms with Gasteiger partial charge in [0.1, 0.15) is 0 Å². The molecule has 1 aromatic carbocycles. The van der Waals surface area contributed by atoms with Crippen molar-refractivity contribution in [1.82, 2.24) is 4.72 Å². The van der Waals surface area contributed by atoms with E-state index >= 15 is 0 Å². The van der Waals surface area contributed by atoms with Crippen LogP contribution >= 0.6 is 0 Å². The van der Waals surface area contributed by atoms with Crippen LogP contribution in [0.15, 0.2) is 35.7 Å². The third-order valence-electron chi connectivity index (χ3n) is 2.39. The number of carbonyl (C=O) groups is 1. The van der Waals surface area contributed by atoms with Gasteiger partial charge in [0.15, 0.2) is 0 Å². The van der Waals surface area contributed by atoms with E-state index in [1.54, 1.807) is 4.72 Å². The molecule has 8 heteroatoms. The Balaban J connectivity index is 2.84. The fourth-order valence-electron chi connectivity index (χ4n) is 1.27. The van der Waals surface area contributed by atoms with E-state index in [2.05, 4.69) is 11.3 Å². The van der Waals surface area contributed by atoms with Crippen LogP contribution in [0, 0.1) is 0 Å². The number of sulfonamides is 1. The maximum atomic E-state index is 13.2. The number of hydrogen-bond acceptors (Lipinski definition) is 4. The maximum Gasteiger partial charge on any atom is 0.378 e. The first-order valence-corrected chi connectivity index (χ1v) is 6.89. The number of halogens is 2. The molecule has 0 radical (unpaired) electrons. The van der Waals surface area contributed by atoms with E-state index in [-0.39, 0.29) is 4.90 Å². The van der Waals surface area contributed by atoms with Crippen LogP contribution in [0.25, 0.3) is 6.08 Å². The zero-order valence-electron chi connectivity index (χ0n) is 10.6. The second kappa shape index (κ2) is 6.10. The molecular weight excluding hydrogens is 292 g/mol. The molecule has 1 aromatic rings. The van der Waals surface area contributed by atoms with E-state index in [4.69, 9.17) is 0 Å². The number of nitrogens with one attached hydrogen (secondary N) is 1. The molecule has 0 aliphatic rings. The average Bonchev–Trinajstić information content (AvgIpc) is 2.44. The zero-order valence-corrected chi connectivity index (χ0v) is 11.4. The Hall–Kier alpha value is -1.80. The number of esters is 1. The van der Waals surface area contributed by atoms with Crippen LogP contribution in [-0.4, -0.2) is 34.0 Å². The first kappa shape index (κ1) is 16.3. The summed E-state index contributed by atoms with van der Waals surface area (Å²) in [4.78, 5) is 10.6. The van der Waals surface area contributed by atoms with E-state index in [0.717, 1.165) is 7.11 Å². The normalized spacial score (nSPS) is 11.9. The molecular formula is C12H13F2NO4S. The fourth-order valence-corrected chi connectivity index (χ4v) is 2.31. The maximum absolute atomic E-state index is 13.2. The summed E-state index contributed by atoms with van der Waals surface area (Å²) < 4.78 is 55.4. The summed E-state index contributed by atoms with van der Waals surface area (Å²) in [7, 11) is -3.34. The van der Waals surface area contributed by atoms with Crippen LogP contribution in [0.5, 0.6) is 0 Å². The number of carbonyl (C=O) groups excluding carboxylic acids is 1. The molecule has 0 aliphatic heterocycles. The third-order valence-corrected chi connectivity index (χ3v) is 3.81. The van der Waals surface area contributed by atoms with Gasteiger partial charge in [0.25, 0.3) is 0 Å². The van der Waals surface area contributed by atoms with Crippen molar-refractivity contribution in [3.63, 3.8) is 0 Å². The van der Waals surface area contributed by atoms with Crippen molar-refractivity contribution >= 4 is 22.1 Å².